The number of unbranched alkanes of at least 4 members (excludes halogenated alkanes) is 1. The van der Waals surface area contributed by atoms with E-state index in [2.05, 4.69) is 12.7 Å². The van der Waals surface area contributed by atoms with E-state index < -0.39 is 0 Å². The fraction of sp³-hybridized carbons (Fsp3) is 0.286. The van der Waals surface area contributed by atoms with Crippen molar-refractivity contribution in [2.45, 2.75) is 13.3 Å². The van der Waals surface area contributed by atoms with Crippen LogP contribution >= 0.6 is 0 Å². The van der Waals surface area contributed by atoms with Crippen molar-refractivity contribution in [3.05, 3.63) is 31.2 Å². The number of hydrogen-bond donors (Lipinski definition) is 0. The minimum Gasteiger partial charge on any atom is -0.103 e. The molecule has 0 fully saturated rings. The molecule has 0 aliphatic carbocycles. The monoisotopic (exact) mass is 95.1 g/mol. The van der Waals surface area contributed by atoms with Gasteiger partial charge in [0.05, 0.1) is 0 Å². The number of allylic oxidation sites excluding steroid dienone is 3. The summed E-state index contributed by atoms with van der Waals surface area (Å²) in [6.07, 6.45) is 8.95. The van der Waals surface area contributed by atoms with Crippen molar-refractivity contribution < 1.29 is 0 Å². The highest BCUT2D eigenvalue weighted by molar-refractivity contribution is 4.93. The van der Waals surface area contributed by atoms with Crippen molar-refractivity contribution in [2.24, 2.45) is 0 Å². The smallest absolute Gasteiger partial charge is 0.0136 e. The summed E-state index contributed by atoms with van der Waals surface area (Å²) in [7, 11) is 0. The van der Waals surface area contributed by atoms with Gasteiger partial charge in [0.2, 0.25) is 0 Å². The van der Waals surface area contributed by atoms with Crippen LogP contribution in [0.25, 0.3) is 0 Å². The Morgan fingerprint density at radius 2 is 2.29 bits per heavy atom. The molecule has 0 rings (SSSR count). The Balaban J connectivity index is 2.82. The third kappa shape index (κ3) is 5.48. The first-order valence-electron chi connectivity index (χ1n) is 2.47. The molecule has 0 N–H and O–H groups in total. The maximum atomic E-state index is 3.54. The first kappa shape index (κ1) is 6.48. The molecule has 0 aliphatic rings. The quantitative estimate of drug-likeness (QED) is 0.373. The van der Waals surface area contributed by atoms with Gasteiger partial charge in [0.15, 0.2) is 0 Å². The molecule has 0 aromatic carbocycles. The first-order valence-corrected chi connectivity index (χ1v) is 2.47. The summed E-state index contributed by atoms with van der Waals surface area (Å²) in [5, 5.41) is 0. The van der Waals surface area contributed by atoms with Gasteiger partial charge in [-0.25, -0.2) is 0 Å². The van der Waals surface area contributed by atoms with Crippen LogP contribution in [0.15, 0.2) is 24.8 Å². The molecule has 0 bridgehead atoms. The minimum absolute atomic E-state index is 1.01. The minimum atomic E-state index is 1.01. The van der Waals surface area contributed by atoms with Gasteiger partial charge in [-0.3, -0.25) is 0 Å². The van der Waals surface area contributed by atoms with Gasteiger partial charge in [0, 0.05) is 0 Å². The van der Waals surface area contributed by atoms with Gasteiger partial charge >= 0.3 is 0 Å². The lowest BCUT2D eigenvalue weighted by Gasteiger charge is -1.78. The van der Waals surface area contributed by atoms with Crippen molar-refractivity contribution in [1.29, 1.82) is 0 Å². The number of rotatable bonds is 3. The van der Waals surface area contributed by atoms with Crippen LogP contribution in [0.2, 0.25) is 0 Å². The maximum absolute atomic E-state index is 3.54. The van der Waals surface area contributed by atoms with Crippen molar-refractivity contribution >= 4 is 0 Å². The molecule has 0 atom stereocenters. The van der Waals surface area contributed by atoms with Crippen LogP contribution in [0.4, 0.5) is 0 Å². The molecule has 0 aliphatic heterocycles. The van der Waals surface area contributed by atoms with Crippen LogP contribution in [-0.4, -0.2) is 0 Å². The number of hydrogen-bond acceptors (Lipinski definition) is 0. The molecule has 0 unspecified atom stereocenters. The first-order chi connectivity index (χ1) is 3.41. The molecule has 0 saturated heterocycles. The molecule has 7 heavy (non-hydrogen) atoms. The lowest BCUT2D eigenvalue weighted by Crippen LogP contribution is -1.60. The second-order valence-corrected chi connectivity index (χ2v) is 1.28. The Hall–Kier alpha value is -0.520. The molecule has 0 heterocycles. The van der Waals surface area contributed by atoms with Gasteiger partial charge in [-0.1, -0.05) is 18.2 Å². The molecule has 0 heteroatoms. The van der Waals surface area contributed by atoms with Crippen LogP contribution in [0.1, 0.15) is 13.3 Å². The zero-order valence-corrected chi connectivity index (χ0v) is 4.72. The summed E-state index contributed by atoms with van der Waals surface area (Å²) in [6, 6.07) is 0. The molecule has 0 spiro atoms. The predicted octanol–water partition coefficient (Wildman–Crippen LogP) is 2.34. The van der Waals surface area contributed by atoms with Crippen LogP contribution in [0.3, 0.4) is 0 Å². The largest absolute Gasteiger partial charge is 0.103 e. The summed E-state index contributed by atoms with van der Waals surface area (Å²) in [6.45, 7) is 5.55. The summed E-state index contributed by atoms with van der Waals surface area (Å²) < 4.78 is 0. The van der Waals surface area contributed by atoms with Crippen LogP contribution in [-0.2, 0) is 0 Å². The highest BCUT2D eigenvalue weighted by Crippen LogP contribution is 1.87. The van der Waals surface area contributed by atoms with E-state index in [0.29, 0.717) is 0 Å². The third-order valence-electron chi connectivity index (χ3n) is 0.675. The van der Waals surface area contributed by atoms with Gasteiger partial charge in [-0.05, 0) is 19.8 Å². The lowest BCUT2D eigenvalue weighted by molar-refractivity contribution is 1.28. The second kappa shape index (κ2) is 5.48. The third-order valence-corrected chi connectivity index (χ3v) is 0.675. The van der Waals surface area contributed by atoms with E-state index in [1.165, 1.54) is 0 Å². The molecule has 0 aromatic rings. The van der Waals surface area contributed by atoms with Gasteiger partial charge in [0.25, 0.3) is 0 Å². The fourth-order valence-corrected chi connectivity index (χ4v) is 0.311. The Bertz CT molecular complexity index is 60.4. The summed E-state index contributed by atoms with van der Waals surface area (Å²) in [4.78, 5) is 0. The summed E-state index contributed by atoms with van der Waals surface area (Å²) in [5.41, 5.74) is 0. The van der Waals surface area contributed by atoms with E-state index in [1.54, 1.807) is 6.08 Å². The Morgan fingerprint density at radius 1 is 1.57 bits per heavy atom. The van der Waals surface area contributed by atoms with E-state index in [0.717, 1.165) is 6.42 Å². The van der Waals surface area contributed by atoms with Crippen molar-refractivity contribution in [3.8, 4) is 0 Å². The van der Waals surface area contributed by atoms with Crippen LogP contribution < -0.4 is 0 Å². The zero-order valence-electron chi connectivity index (χ0n) is 4.72. The second-order valence-electron chi connectivity index (χ2n) is 1.28. The van der Waals surface area contributed by atoms with Gasteiger partial charge in [0.1, 0.15) is 0 Å². The van der Waals surface area contributed by atoms with Crippen molar-refractivity contribution in [3.63, 3.8) is 0 Å². The average Bonchev–Trinajstić information content (AvgIpc) is 1.69. The normalized spacial score (nSPS) is 9.86. The van der Waals surface area contributed by atoms with Crippen molar-refractivity contribution in [1.82, 2.24) is 0 Å². The topological polar surface area (TPSA) is 0 Å². The Labute approximate surface area is 45.5 Å². The highest BCUT2D eigenvalue weighted by atomic mass is 13.7. The summed E-state index contributed by atoms with van der Waals surface area (Å²) >= 11 is 0. The Morgan fingerprint density at radius 3 is 2.71 bits per heavy atom. The molecule has 0 amide bonds. The van der Waals surface area contributed by atoms with Crippen LogP contribution in [0, 0.1) is 6.42 Å². The highest BCUT2D eigenvalue weighted by Gasteiger charge is 1.69. The maximum Gasteiger partial charge on any atom is -0.0136 e. The molecule has 0 saturated carbocycles. The van der Waals surface area contributed by atoms with E-state index in [9.17, 15) is 0 Å². The standard InChI is InChI=1S/C7H11/c1-3-5-7-6-4-2/h3-6H,1,7H2,2H3/b6-4+. The van der Waals surface area contributed by atoms with E-state index in [1.807, 2.05) is 19.4 Å². The van der Waals surface area contributed by atoms with E-state index >= 15 is 0 Å². The van der Waals surface area contributed by atoms with Crippen LogP contribution in [0.5, 0.6) is 0 Å². The Kier molecular flexibility index (Phi) is 5.07. The van der Waals surface area contributed by atoms with E-state index in [-0.39, 0.29) is 0 Å². The molecule has 0 nitrogen and oxygen atoms in total. The fourth-order valence-electron chi connectivity index (χ4n) is 0.311. The summed E-state index contributed by atoms with van der Waals surface area (Å²) in [5.74, 6) is 0. The molecule has 1 radical (unpaired) electrons. The predicted molar refractivity (Wildman–Crippen MR) is 33.9 cm³/mol. The van der Waals surface area contributed by atoms with E-state index in [4.69, 9.17) is 0 Å². The van der Waals surface area contributed by atoms with Crippen molar-refractivity contribution in [2.75, 3.05) is 0 Å². The van der Waals surface area contributed by atoms with Gasteiger partial charge in [-0.15, -0.1) is 6.58 Å². The average molecular weight is 95.2 g/mol. The molecule has 39 valence electrons. The van der Waals surface area contributed by atoms with Gasteiger partial charge < -0.3 is 0 Å². The molecular weight excluding hydrogens is 84.1 g/mol. The SMILES string of the molecule is C=C[CH]C/C=C/C. The zero-order chi connectivity index (χ0) is 5.54. The molecular formula is C7H11. The molecule has 0 aromatic heterocycles. The lowest BCUT2D eigenvalue weighted by atomic mass is 10.3. The van der Waals surface area contributed by atoms with Gasteiger partial charge in [-0.2, -0.15) is 0 Å².